The van der Waals surface area contributed by atoms with E-state index in [0.29, 0.717) is 0 Å². The summed E-state index contributed by atoms with van der Waals surface area (Å²) in [6.07, 6.45) is 7.95. The molecule has 0 bridgehead atoms. The molecule has 2 aromatic heterocycles. The highest BCUT2D eigenvalue weighted by Gasteiger charge is 2.24. The molecule has 0 amide bonds. The number of hydrogen-bond acceptors (Lipinski definition) is 4. The molecule has 0 saturated heterocycles. The monoisotopic (exact) mass is 382 g/mol. The lowest BCUT2D eigenvalue weighted by atomic mass is 9.85. The fourth-order valence-electron chi connectivity index (χ4n) is 1.93. The maximum absolute atomic E-state index is 4.50. The Balaban J connectivity index is 2.18. The summed E-state index contributed by atoms with van der Waals surface area (Å²) < 4.78 is 0.0540. The molecule has 0 unspecified atom stereocenters. The molecule has 0 aromatic carbocycles. The van der Waals surface area contributed by atoms with Crippen LogP contribution in [-0.4, -0.2) is 19.9 Å². The van der Waals surface area contributed by atoms with E-state index < -0.39 is 0 Å². The first-order valence-corrected chi connectivity index (χ1v) is 7.64. The van der Waals surface area contributed by atoms with Gasteiger partial charge in [0.2, 0.25) is 0 Å². The third-order valence-corrected chi connectivity index (χ3v) is 3.89. The molecule has 2 aromatic rings. The van der Waals surface area contributed by atoms with Crippen LogP contribution >= 0.6 is 22.6 Å². The number of aromatic nitrogens is 4. The first-order chi connectivity index (χ1) is 9.29. The zero-order valence-electron chi connectivity index (χ0n) is 12.3. The van der Waals surface area contributed by atoms with Crippen molar-refractivity contribution < 1.29 is 0 Å². The van der Waals surface area contributed by atoms with Gasteiger partial charge in [0.1, 0.15) is 12.2 Å². The quantitative estimate of drug-likeness (QED) is 0.601. The molecule has 0 aliphatic carbocycles. The molecule has 0 radical (unpaired) electrons. The van der Waals surface area contributed by atoms with Crippen molar-refractivity contribution in [2.45, 2.75) is 43.0 Å². The summed E-state index contributed by atoms with van der Waals surface area (Å²) in [5, 5.41) is 0. The summed E-state index contributed by atoms with van der Waals surface area (Å²) in [6, 6.07) is 1.95. The lowest BCUT2D eigenvalue weighted by Gasteiger charge is -2.23. The van der Waals surface area contributed by atoms with Crippen molar-refractivity contribution in [1.82, 2.24) is 19.9 Å². The van der Waals surface area contributed by atoms with Crippen LogP contribution in [0.25, 0.3) is 0 Å². The Labute approximate surface area is 133 Å². The van der Waals surface area contributed by atoms with Gasteiger partial charge in [-0.1, -0.05) is 36.4 Å². The van der Waals surface area contributed by atoms with E-state index in [0.717, 1.165) is 23.5 Å². The zero-order valence-corrected chi connectivity index (χ0v) is 14.4. The van der Waals surface area contributed by atoms with E-state index in [1.54, 1.807) is 12.5 Å². The van der Waals surface area contributed by atoms with Gasteiger partial charge in [-0.25, -0.2) is 19.9 Å². The van der Waals surface area contributed by atoms with Gasteiger partial charge in [0.05, 0.1) is 0 Å². The molecule has 0 saturated carbocycles. The van der Waals surface area contributed by atoms with Gasteiger partial charge in [0, 0.05) is 45.1 Å². The molecule has 0 atom stereocenters. The molecule has 0 spiro atoms. The number of hydrogen-bond donors (Lipinski definition) is 0. The van der Waals surface area contributed by atoms with Gasteiger partial charge in [0.15, 0.2) is 0 Å². The lowest BCUT2D eigenvalue weighted by Crippen LogP contribution is -2.23. The molecular weight excluding hydrogens is 363 g/mol. The molecule has 0 fully saturated rings. The van der Waals surface area contributed by atoms with Gasteiger partial charge in [-0.3, -0.25) is 0 Å². The van der Waals surface area contributed by atoms with Crippen molar-refractivity contribution in [3.05, 3.63) is 48.1 Å². The van der Waals surface area contributed by atoms with Crippen molar-refractivity contribution in [3.63, 3.8) is 0 Å². The average Bonchev–Trinajstić information content (AvgIpc) is 2.39. The molecule has 20 heavy (non-hydrogen) atoms. The Kier molecular flexibility index (Phi) is 4.36. The van der Waals surface area contributed by atoms with Gasteiger partial charge in [-0.2, -0.15) is 0 Å². The van der Waals surface area contributed by atoms with E-state index in [4.69, 9.17) is 0 Å². The van der Waals surface area contributed by atoms with E-state index in [1.807, 2.05) is 18.5 Å². The van der Waals surface area contributed by atoms with E-state index in [1.165, 1.54) is 0 Å². The van der Waals surface area contributed by atoms with Crippen LogP contribution in [0.5, 0.6) is 0 Å². The average molecular weight is 382 g/mol. The predicted molar refractivity (Wildman–Crippen MR) is 87.8 cm³/mol. The molecule has 5 heteroatoms. The molecule has 0 N–H and O–H groups in total. The van der Waals surface area contributed by atoms with Gasteiger partial charge >= 0.3 is 0 Å². The van der Waals surface area contributed by atoms with E-state index in [9.17, 15) is 0 Å². The van der Waals surface area contributed by atoms with Crippen molar-refractivity contribution >= 4 is 22.6 Å². The molecule has 4 nitrogen and oxygen atoms in total. The molecular formula is C15H19IN4. The second-order valence-corrected chi connectivity index (χ2v) is 8.71. The second-order valence-electron chi connectivity index (χ2n) is 6.02. The standard InChI is InChI=1S/C15H19IN4/c1-14(2,12-5-6-17-10-20-12)7-13-18-8-11(9-19-13)15(3,4)16/h5-6,8-10H,7H2,1-4H3. The lowest BCUT2D eigenvalue weighted by molar-refractivity contribution is 0.489. The third-order valence-electron chi connectivity index (χ3n) is 3.27. The number of rotatable bonds is 4. The topological polar surface area (TPSA) is 51.6 Å². The van der Waals surface area contributed by atoms with Crippen molar-refractivity contribution in [3.8, 4) is 0 Å². The first-order valence-electron chi connectivity index (χ1n) is 6.56. The number of alkyl halides is 1. The highest BCUT2D eigenvalue weighted by Crippen LogP contribution is 2.30. The minimum Gasteiger partial charge on any atom is -0.245 e. The smallest absolute Gasteiger partial charge is 0.129 e. The molecule has 106 valence electrons. The van der Waals surface area contributed by atoms with Crippen molar-refractivity contribution in [1.29, 1.82) is 0 Å². The van der Waals surface area contributed by atoms with Crippen LogP contribution in [-0.2, 0) is 15.3 Å². The molecule has 0 aliphatic rings. The first kappa shape index (κ1) is 15.3. The van der Waals surface area contributed by atoms with Gasteiger partial charge < -0.3 is 0 Å². The van der Waals surface area contributed by atoms with Gasteiger partial charge in [0.25, 0.3) is 0 Å². The normalized spacial score (nSPS) is 12.4. The van der Waals surface area contributed by atoms with Crippen LogP contribution in [0.2, 0.25) is 0 Å². The number of nitrogens with zero attached hydrogens (tertiary/aromatic N) is 4. The highest BCUT2D eigenvalue weighted by atomic mass is 127. The summed E-state index contributed by atoms with van der Waals surface area (Å²) in [4.78, 5) is 17.3. The van der Waals surface area contributed by atoms with Crippen LogP contribution in [0, 0.1) is 0 Å². The summed E-state index contributed by atoms with van der Waals surface area (Å²) in [5.74, 6) is 0.845. The molecule has 2 rings (SSSR count). The Morgan fingerprint density at radius 3 is 2.20 bits per heavy atom. The molecule has 2 heterocycles. The van der Waals surface area contributed by atoms with Crippen LogP contribution in [0.3, 0.4) is 0 Å². The van der Waals surface area contributed by atoms with Crippen LogP contribution in [0.4, 0.5) is 0 Å². The van der Waals surface area contributed by atoms with E-state index in [-0.39, 0.29) is 8.84 Å². The van der Waals surface area contributed by atoms with E-state index >= 15 is 0 Å². The van der Waals surface area contributed by atoms with Crippen molar-refractivity contribution in [2.24, 2.45) is 0 Å². The fraction of sp³-hybridized carbons (Fsp3) is 0.467. The van der Waals surface area contributed by atoms with Crippen LogP contribution in [0.15, 0.2) is 31.0 Å². The minimum atomic E-state index is -0.107. The maximum Gasteiger partial charge on any atom is 0.129 e. The number of halogens is 1. The Morgan fingerprint density at radius 2 is 1.70 bits per heavy atom. The summed E-state index contributed by atoms with van der Waals surface area (Å²) in [7, 11) is 0. The van der Waals surface area contributed by atoms with Crippen LogP contribution < -0.4 is 0 Å². The van der Waals surface area contributed by atoms with Gasteiger partial charge in [-0.05, 0) is 19.9 Å². The molecule has 0 aliphatic heterocycles. The summed E-state index contributed by atoms with van der Waals surface area (Å²) in [5.41, 5.74) is 2.04. The SMILES string of the molecule is CC(C)(I)c1cnc(CC(C)(C)c2ccncn2)nc1. The second kappa shape index (κ2) is 5.71. The van der Waals surface area contributed by atoms with E-state index in [2.05, 4.69) is 70.2 Å². The fourth-order valence-corrected chi connectivity index (χ4v) is 2.21. The maximum atomic E-state index is 4.50. The highest BCUT2D eigenvalue weighted by molar-refractivity contribution is 14.1. The minimum absolute atomic E-state index is 0.0540. The van der Waals surface area contributed by atoms with Crippen molar-refractivity contribution in [2.75, 3.05) is 0 Å². The zero-order chi connectivity index (χ0) is 14.8. The summed E-state index contributed by atoms with van der Waals surface area (Å²) in [6.45, 7) is 8.59. The summed E-state index contributed by atoms with van der Waals surface area (Å²) >= 11 is 2.39. The Hall–Kier alpha value is -1.11. The Morgan fingerprint density at radius 1 is 1.05 bits per heavy atom. The largest absolute Gasteiger partial charge is 0.245 e. The third kappa shape index (κ3) is 3.71. The van der Waals surface area contributed by atoms with Gasteiger partial charge in [-0.15, -0.1) is 0 Å². The van der Waals surface area contributed by atoms with Crippen LogP contribution in [0.1, 0.15) is 44.8 Å². The Bertz CT molecular complexity index is 559. The predicted octanol–water partition coefficient (Wildman–Crippen LogP) is 3.46.